The van der Waals surface area contributed by atoms with Crippen LogP contribution >= 0.6 is 24.0 Å². The molecule has 1 N–H and O–H groups in total. The van der Waals surface area contributed by atoms with Gasteiger partial charge >= 0.3 is 0 Å². The first-order valence-corrected chi connectivity index (χ1v) is 10.9. The van der Waals surface area contributed by atoms with Crippen LogP contribution in [0.4, 0.5) is 0 Å². The van der Waals surface area contributed by atoms with E-state index in [1.165, 1.54) is 0 Å². The normalized spacial score (nSPS) is 19.6. The van der Waals surface area contributed by atoms with Gasteiger partial charge < -0.3 is 24.6 Å². The summed E-state index contributed by atoms with van der Waals surface area (Å²) in [7, 11) is 3.52. The van der Waals surface area contributed by atoms with Crippen LogP contribution in [0.2, 0.25) is 0 Å². The highest BCUT2D eigenvalue weighted by atomic mass is 127. The van der Waals surface area contributed by atoms with Gasteiger partial charge in [-0.2, -0.15) is 0 Å². The van der Waals surface area contributed by atoms with Crippen molar-refractivity contribution in [2.45, 2.75) is 18.9 Å². The highest BCUT2D eigenvalue weighted by molar-refractivity contribution is 14.0. The largest absolute Gasteiger partial charge is 0.492 e. The summed E-state index contributed by atoms with van der Waals surface area (Å²) in [5, 5.41) is 3.44. The average Bonchev–Trinajstić information content (AvgIpc) is 3.28. The molecule has 3 rings (SSSR count). The molecule has 2 aliphatic rings. The number of piperazine rings is 1. The highest BCUT2D eigenvalue weighted by Gasteiger charge is 2.22. The first-order valence-electron chi connectivity index (χ1n) is 10.9. The molecule has 31 heavy (non-hydrogen) atoms. The number of rotatable bonds is 8. The fourth-order valence-corrected chi connectivity index (χ4v) is 3.55. The zero-order valence-electron chi connectivity index (χ0n) is 18.7. The van der Waals surface area contributed by atoms with Crippen LogP contribution in [-0.4, -0.2) is 106 Å². The second-order valence-corrected chi connectivity index (χ2v) is 7.93. The van der Waals surface area contributed by atoms with Crippen molar-refractivity contribution in [1.29, 1.82) is 0 Å². The standard InChI is InChI=1S/C22H35N5O3.HI/c1-25(2)21(28)18-24-22(23-17-20-9-6-15-29-20)27-12-10-26(11-13-27)14-16-30-19-7-4-3-5-8-19;/h3-5,7-8,20H,6,9-18H2,1-2H3,(H,23,24);1H. The third-order valence-electron chi connectivity index (χ3n) is 5.47. The number of guanidine groups is 1. The summed E-state index contributed by atoms with van der Waals surface area (Å²) < 4.78 is 11.5. The fraction of sp³-hybridized carbons (Fsp3) is 0.636. The van der Waals surface area contributed by atoms with Crippen LogP contribution in [0, 0.1) is 0 Å². The summed E-state index contributed by atoms with van der Waals surface area (Å²) in [6, 6.07) is 9.92. The Labute approximate surface area is 203 Å². The summed E-state index contributed by atoms with van der Waals surface area (Å²) >= 11 is 0. The van der Waals surface area contributed by atoms with Crippen LogP contribution in [0.1, 0.15) is 12.8 Å². The molecule has 1 unspecified atom stereocenters. The number of hydrogen-bond acceptors (Lipinski definition) is 5. The number of hydrogen-bond donors (Lipinski definition) is 1. The van der Waals surface area contributed by atoms with E-state index in [1.54, 1.807) is 19.0 Å². The molecule has 1 aromatic carbocycles. The number of aliphatic imine (C=N–C) groups is 1. The van der Waals surface area contributed by atoms with Crippen LogP contribution in [-0.2, 0) is 9.53 Å². The van der Waals surface area contributed by atoms with Gasteiger partial charge in [0.05, 0.1) is 6.10 Å². The van der Waals surface area contributed by atoms with Crippen LogP contribution in [0.25, 0.3) is 0 Å². The quantitative estimate of drug-likeness (QED) is 0.304. The Hall–Kier alpha value is -1.59. The predicted molar refractivity (Wildman–Crippen MR) is 133 cm³/mol. The van der Waals surface area contributed by atoms with Gasteiger partial charge in [0, 0.05) is 60.0 Å². The van der Waals surface area contributed by atoms with E-state index in [4.69, 9.17) is 9.47 Å². The smallest absolute Gasteiger partial charge is 0.243 e. The lowest BCUT2D eigenvalue weighted by Crippen LogP contribution is -2.54. The molecule has 1 atom stereocenters. The molecule has 2 saturated heterocycles. The Kier molecular flexibility index (Phi) is 11.4. The Morgan fingerprint density at radius 2 is 1.97 bits per heavy atom. The summed E-state index contributed by atoms with van der Waals surface area (Å²) in [4.78, 5) is 22.8. The van der Waals surface area contributed by atoms with Gasteiger partial charge in [-0.3, -0.25) is 9.69 Å². The number of para-hydroxylation sites is 1. The number of halogens is 1. The summed E-state index contributed by atoms with van der Waals surface area (Å²) in [6.45, 7) is 6.95. The molecule has 0 saturated carbocycles. The van der Waals surface area contributed by atoms with Gasteiger partial charge in [-0.25, -0.2) is 4.99 Å². The van der Waals surface area contributed by atoms with E-state index in [9.17, 15) is 4.79 Å². The molecular formula is C22H36IN5O3. The van der Waals surface area contributed by atoms with Gasteiger partial charge in [0.15, 0.2) is 5.96 Å². The van der Waals surface area contributed by atoms with E-state index in [0.717, 1.165) is 70.4 Å². The molecule has 0 aliphatic carbocycles. The van der Waals surface area contributed by atoms with Crippen LogP contribution in [0.5, 0.6) is 5.75 Å². The van der Waals surface area contributed by atoms with Gasteiger partial charge in [0.1, 0.15) is 18.9 Å². The molecule has 0 bridgehead atoms. The molecule has 2 aliphatic heterocycles. The summed E-state index contributed by atoms with van der Waals surface area (Å²) in [6.07, 6.45) is 2.42. The first kappa shape index (κ1) is 25.7. The van der Waals surface area contributed by atoms with E-state index >= 15 is 0 Å². The van der Waals surface area contributed by atoms with Crippen molar-refractivity contribution < 1.29 is 14.3 Å². The Balaban J connectivity index is 0.00000341. The Bertz CT molecular complexity index is 675. The maximum Gasteiger partial charge on any atom is 0.243 e. The van der Waals surface area contributed by atoms with Crippen LogP contribution in [0.3, 0.4) is 0 Å². The third-order valence-corrected chi connectivity index (χ3v) is 5.47. The number of carbonyl (C=O) groups is 1. The number of carbonyl (C=O) groups excluding carboxylic acids is 1. The zero-order valence-corrected chi connectivity index (χ0v) is 21.0. The minimum Gasteiger partial charge on any atom is -0.492 e. The Morgan fingerprint density at radius 3 is 2.61 bits per heavy atom. The number of benzene rings is 1. The predicted octanol–water partition coefficient (Wildman–Crippen LogP) is 1.51. The minimum absolute atomic E-state index is 0. The number of nitrogens with one attached hydrogen (secondary N) is 1. The van der Waals surface area contributed by atoms with Crippen molar-refractivity contribution in [2.24, 2.45) is 4.99 Å². The van der Waals surface area contributed by atoms with Crippen molar-refractivity contribution in [2.75, 3.05) is 73.1 Å². The molecule has 8 nitrogen and oxygen atoms in total. The fourth-order valence-electron chi connectivity index (χ4n) is 3.55. The molecule has 9 heteroatoms. The topological polar surface area (TPSA) is 69.6 Å². The van der Waals surface area contributed by atoms with Gasteiger partial charge in [-0.05, 0) is 25.0 Å². The number of ether oxygens (including phenoxy) is 2. The van der Waals surface area contributed by atoms with Crippen molar-refractivity contribution in [3.05, 3.63) is 30.3 Å². The Morgan fingerprint density at radius 1 is 1.23 bits per heavy atom. The summed E-state index contributed by atoms with van der Waals surface area (Å²) in [5.74, 6) is 1.72. The van der Waals surface area contributed by atoms with E-state index in [1.807, 2.05) is 30.3 Å². The molecule has 174 valence electrons. The van der Waals surface area contributed by atoms with Crippen molar-refractivity contribution in [3.8, 4) is 5.75 Å². The SMILES string of the molecule is CN(C)C(=O)CN=C(NCC1CCCO1)N1CCN(CCOc2ccccc2)CC1.I. The van der Waals surface area contributed by atoms with Crippen molar-refractivity contribution in [1.82, 2.24) is 20.0 Å². The molecule has 1 amide bonds. The molecule has 1 aromatic rings. The van der Waals surface area contributed by atoms with Gasteiger partial charge in [0.25, 0.3) is 0 Å². The van der Waals surface area contributed by atoms with Gasteiger partial charge in [-0.15, -0.1) is 24.0 Å². The molecule has 0 spiro atoms. The van der Waals surface area contributed by atoms with E-state index in [2.05, 4.69) is 20.1 Å². The molecule has 0 radical (unpaired) electrons. The number of likely N-dealkylation sites (N-methyl/N-ethyl adjacent to an activating group) is 1. The molecular weight excluding hydrogens is 509 g/mol. The molecule has 2 fully saturated rings. The number of nitrogens with zero attached hydrogens (tertiary/aromatic N) is 4. The second kappa shape index (κ2) is 13.7. The number of amides is 1. The monoisotopic (exact) mass is 545 g/mol. The van der Waals surface area contributed by atoms with Crippen LogP contribution in [0.15, 0.2) is 35.3 Å². The van der Waals surface area contributed by atoms with Gasteiger partial charge in [-0.1, -0.05) is 18.2 Å². The maximum absolute atomic E-state index is 12.0. The van der Waals surface area contributed by atoms with Crippen molar-refractivity contribution >= 4 is 35.8 Å². The van der Waals surface area contributed by atoms with E-state index < -0.39 is 0 Å². The lowest BCUT2D eigenvalue weighted by molar-refractivity contribution is -0.127. The van der Waals surface area contributed by atoms with Crippen LogP contribution < -0.4 is 10.1 Å². The van der Waals surface area contributed by atoms with Crippen molar-refractivity contribution in [3.63, 3.8) is 0 Å². The second-order valence-electron chi connectivity index (χ2n) is 7.93. The van der Waals surface area contributed by atoms with Gasteiger partial charge in [0.2, 0.25) is 5.91 Å². The molecule has 2 heterocycles. The first-order chi connectivity index (χ1) is 14.6. The maximum atomic E-state index is 12.0. The lowest BCUT2D eigenvalue weighted by atomic mass is 10.2. The summed E-state index contributed by atoms with van der Waals surface area (Å²) in [5.41, 5.74) is 0. The van der Waals surface area contributed by atoms with E-state index in [0.29, 0.717) is 6.61 Å². The lowest BCUT2D eigenvalue weighted by Gasteiger charge is -2.36. The zero-order chi connectivity index (χ0) is 21.2. The third kappa shape index (κ3) is 8.82. The minimum atomic E-state index is 0. The average molecular weight is 545 g/mol. The highest BCUT2D eigenvalue weighted by Crippen LogP contribution is 2.11. The van der Waals surface area contributed by atoms with E-state index in [-0.39, 0.29) is 42.5 Å². The molecule has 0 aromatic heterocycles.